The fraction of sp³-hybridized carbons (Fsp3) is 0.0500. The predicted molar refractivity (Wildman–Crippen MR) is 126 cm³/mol. The topological polar surface area (TPSA) is 97.9 Å². The number of benzene rings is 2. The first kappa shape index (κ1) is 21.1. The Bertz CT molecular complexity index is 1300. The van der Waals surface area contributed by atoms with Gasteiger partial charge in [-0.05, 0) is 48.5 Å². The number of carbonyl (C=O) groups is 1. The number of halogens is 1. The van der Waals surface area contributed by atoms with Crippen LogP contribution in [0.15, 0.2) is 64.2 Å². The van der Waals surface area contributed by atoms with Gasteiger partial charge in [0.05, 0.1) is 33.3 Å². The third-order valence-corrected chi connectivity index (χ3v) is 6.60. The Morgan fingerprint density at radius 2 is 1.97 bits per heavy atom. The van der Waals surface area contributed by atoms with Gasteiger partial charge in [-0.25, -0.2) is 4.98 Å². The molecule has 2 heterocycles. The van der Waals surface area contributed by atoms with Crippen LogP contribution >= 0.6 is 38.6 Å². The van der Waals surface area contributed by atoms with Crippen molar-refractivity contribution in [3.05, 3.63) is 79.6 Å². The molecule has 1 amide bonds. The van der Waals surface area contributed by atoms with Crippen LogP contribution in [0.25, 0.3) is 10.2 Å². The summed E-state index contributed by atoms with van der Waals surface area (Å²) in [5.41, 5.74) is 1.13. The number of rotatable bonds is 6. The van der Waals surface area contributed by atoms with Crippen molar-refractivity contribution in [3.8, 4) is 5.75 Å². The summed E-state index contributed by atoms with van der Waals surface area (Å²) in [6.07, 6.45) is 1.42. The van der Waals surface area contributed by atoms with E-state index in [9.17, 15) is 14.9 Å². The molecule has 0 N–H and O–H groups in total. The number of anilines is 1. The average Bonchev–Trinajstić information content (AvgIpc) is 3.41. The number of fused-ring (bicyclic) bond motifs is 1. The van der Waals surface area contributed by atoms with Crippen LogP contribution in [0.3, 0.4) is 0 Å². The van der Waals surface area contributed by atoms with E-state index in [0.29, 0.717) is 21.3 Å². The Morgan fingerprint density at radius 1 is 1.19 bits per heavy atom. The highest BCUT2D eigenvalue weighted by atomic mass is 79.9. The van der Waals surface area contributed by atoms with Gasteiger partial charge in [-0.3, -0.25) is 14.9 Å². The number of carbonyl (C=O) groups excluding carboxylic acids is 1. The number of nitro groups is 1. The second-order valence-electron chi connectivity index (χ2n) is 6.13. The van der Waals surface area contributed by atoms with Gasteiger partial charge in [0.1, 0.15) is 5.75 Å². The largest absolute Gasteiger partial charge is 0.497 e. The van der Waals surface area contributed by atoms with Crippen LogP contribution < -0.4 is 9.75 Å². The lowest BCUT2D eigenvalue weighted by Crippen LogP contribution is -2.25. The minimum absolute atomic E-state index is 0.000631. The number of ether oxygens (including phenoxy) is 1. The summed E-state index contributed by atoms with van der Waals surface area (Å²) in [6.45, 7) is 0. The molecule has 0 aliphatic rings. The summed E-state index contributed by atoms with van der Waals surface area (Å²) in [6, 6.07) is 15.3. The van der Waals surface area contributed by atoms with E-state index in [1.165, 1.54) is 28.6 Å². The number of amides is 1. The van der Waals surface area contributed by atoms with Crippen molar-refractivity contribution in [2.24, 2.45) is 5.10 Å². The van der Waals surface area contributed by atoms with Gasteiger partial charge in [-0.2, -0.15) is 10.1 Å². The van der Waals surface area contributed by atoms with E-state index in [1.807, 2.05) is 18.2 Å². The smallest absolute Gasteiger partial charge is 0.324 e. The molecule has 8 nitrogen and oxygen atoms in total. The monoisotopic (exact) mass is 516 g/mol. The van der Waals surface area contributed by atoms with Gasteiger partial charge in [-0.15, -0.1) is 0 Å². The van der Waals surface area contributed by atoms with Gasteiger partial charge in [0.25, 0.3) is 5.91 Å². The maximum atomic E-state index is 13.2. The molecule has 0 radical (unpaired) electrons. The molecule has 31 heavy (non-hydrogen) atoms. The van der Waals surface area contributed by atoms with Crippen molar-refractivity contribution in [2.75, 3.05) is 12.1 Å². The zero-order valence-electron chi connectivity index (χ0n) is 15.9. The Morgan fingerprint density at radius 3 is 2.65 bits per heavy atom. The van der Waals surface area contributed by atoms with E-state index >= 15 is 0 Å². The summed E-state index contributed by atoms with van der Waals surface area (Å²) in [4.78, 5) is 28.8. The standard InChI is InChI=1S/C20H13BrN4O4S2/c1-29-14-5-2-12(3-6-14)19(26)24(22-11-15-7-9-18(30-15)25(27)28)20-23-16-8-4-13(21)10-17(16)31-20/h2-11H,1H3/b22-11+. The molecular weight excluding hydrogens is 504 g/mol. The lowest BCUT2D eigenvalue weighted by Gasteiger charge is -2.13. The first-order chi connectivity index (χ1) is 14.9. The number of thiazole rings is 1. The van der Waals surface area contributed by atoms with E-state index in [0.717, 1.165) is 26.0 Å². The third kappa shape index (κ3) is 4.63. The van der Waals surface area contributed by atoms with Crippen molar-refractivity contribution >= 4 is 71.1 Å². The number of methoxy groups -OCH3 is 1. The van der Waals surface area contributed by atoms with Crippen LogP contribution in [0, 0.1) is 10.1 Å². The summed E-state index contributed by atoms with van der Waals surface area (Å²) in [5.74, 6) is 0.241. The van der Waals surface area contributed by atoms with Gasteiger partial charge < -0.3 is 4.74 Å². The molecule has 4 aromatic rings. The molecule has 4 rings (SSSR count). The van der Waals surface area contributed by atoms with Gasteiger partial charge >= 0.3 is 5.00 Å². The van der Waals surface area contributed by atoms with E-state index in [2.05, 4.69) is 26.0 Å². The molecule has 0 aliphatic heterocycles. The van der Waals surface area contributed by atoms with Crippen molar-refractivity contribution < 1.29 is 14.5 Å². The Balaban J connectivity index is 1.73. The molecule has 156 valence electrons. The number of hydrazone groups is 1. The molecule has 2 aromatic heterocycles. The van der Waals surface area contributed by atoms with Crippen LogP contribution in [0.1, 0.15) is 15.2 Å². The Hall–Kier alpha value is -3.15. The van der Waals surface area contributed by atoms with E-state index in [1.54, 1.807) is 37.4 Å². The van der Waals surface area contributed by atoms with Gasteiger partial charge in [0.2, 0.25) is 5.13 Å². The summed E-state index contributed by atoms with van der Waals surface area (Å²) in [7, 11) is 1.55. The summed E-state index contributed by atoms with van der Waals surface area (Å²) >= 11 is 5.72. The first-order valence-corrected chi connectivity index (χ1v) is 11.2. The highest BCUT2D eigenvalue weighted by Crippen LogP contribution is 2.32. The average molecular weight is 517 g/mol. The van der Waals surface area contributed by atoms with Crippen molar-refractivity contribution in [1.82, 2.24) is 4.98 Å². The predicted octanol–water partition coefficient (Wildman–Crippen LogP) is 5.72. The van der Waals surface area contributed by atoms with Crippen molar-refractivity contribution in [2.45, 2.75) is 0 Å². The Kier molecular flexibility index (Phi) is 6.07. The molecule has 0 aliphatic carbocycles. The lowest BCUT2D eigenvalue weighted by atomic mass is 10.2. The van der Waals surface area contributed by atoms with Gasteiger partial charge in [0.15, 0.2) is 0 Å². The van der Waals surface area contributed by atoms with Crippen molar-refractivity contribution in [3.63, 3.8) is 0 Å². The molecule has 0 atom stereocenters. The molecule has 0 unspecified atom stereocenters. The fourth-order valence-electron chi connectivity index (χ4n) is 2.65. The number of nitrogens with zero attached hydrogens (tertiary/aromatic N) is 4. The molecule has 0 bridgehead atoms. The zero-order valence-corrected chi connectivity index (χ0v) is 19.1. The minimum Gasteiger partial charge on any atom is -0.497 e. The SMILES string of the molecule is COc1ccc(C(=O)N(/N=C/c2ccc([N+](=O)[O-])s2)c2nc3ccc(Br)cc3s2)cc1. The molecular formula is C20H13BrN4O4S2. The highest BCUT2D eigenvalue weighted by molar-refractivity contribution is 9.10. The van der Waals surface area contributed by atoms with E-state index in [-0.39, 0.29) is 10.9 Å². The molecule has 0 saturated carbocycles. The van der Waals surface area contributed by atoms with Crippen LogP contribution in [0.5, 0.6) is 5.75 Å². The maximum absolute atomic E-state index is 13.2. The zero-order chi connectivity index (χ0) is 22.0. The van der Waals surface area contributed by atoms with Crippen LogP contribution in [0.4, 0.5) is 10.1 Å². The van der Waals surface area contributed by atoms with Crippen LogP contribution in [-0.4, -0.2) is 29.1 Å². The van der Waals surface area contributed by atoms with E-state index < -0.39 is 4.92 Å². The molecule has 0 fully saturated rings. The number of aromatic nitrogens is 1. The van der Waals surface area contributed by atoms with E-state index in [4.69, 9.17) is 4.74 Å². The summed E-state index contributed by atoms with van der Waals surface area (Å²) in [5, 5.41) is 16.8. The molecule has 11 heteroatoms. The molecule has 0 saturated heterocycles. The van der Waals surface area contributed by atoms with Gasteiger partial charge in [-0.1, -0.05) is 38.6 Å². The first-order valence-electron chi connectivity index (χ1n) is 8.77. The highest BCUT2D eigenvalue weighted by Gasteiger charge is 2.21. The second-order valence-corrected chi connectivity index (χ2v) is 9.15. The second kappa shape index (κ2) is 8.92. The summed E-state index contributed by atoms with van der Waals surface area (Å²) < 4.78 is 6.94. The maximum Gasteiger partial charge on any atom is 0.324 e. The van der Waals surface area contributed by atoms with Crippen LogP contribution in [-0.2, 0) is 0 Å². The quantitative estimate of drug-likeness (QED) is 0.185. The third-order valence-electron chi connectivity index (χ3n) is 4.14. The number of thiophene rings is 1. The number of hydrogen-bond acceptors (Lipinski definition) is 8. The Labute approximate surface area is 192 Å². The number of hydrogen-bond donors (Lipinski definition) is 0. The lowest BCUT2D eigenvalue weighted by molar-refractivity contribution is -0.380. The fourth-order valence-corrected chi connectivity index (χ4v) is 4.81. The normalized spacial score (nSPS) is 11.2. The molecule has 0 spiro atoms. The van der Waals surface area contributed by atoms with Gasteiger partial charge in [0, 0.05) is 16.1 Å². The van der Waals surface area contributed by atoms with Crippen LogP contribution in [0.2, 0.25) is 0 Å². The minimum atomic E-state index is -0.465. The van der Waals surface area contributed by atoms with Crippen molar-refractivity contribution in [1.29, 1.82) is 0 Å². The molecule has 2 aromatic carbocycles.